The van der Waals surface area contributed by atoms with Crippen molar-refractivity contribution >= 4 is 17.7 Å². The third-order valence-corrected chi connectivity index (χ3v) is 8.88. The van der Waals surface area contributed by atoms with Crippen LogP contribution >= 0.6 is 0 Å². The zero-order valence-corrected chi connectivity index (χ0v) is 23.0. The first-order valence-corrected chi connectivity index (χ1v) is 14.2. The Balaban J connectivity index is 1.64. The highest BCUT2D eigenvalue weighted by atomic mass is 16.5. The van der Waals surface area contributed by atoms with E-state index >= 15 is 0 Å². The molecule has 4 saturated heterocycles. The van der Waals surface area contributed by atoms with Crippen molar-refractivity contribution in [2.24, 2.45) is 17.8 Å². The van der Waals surface area contributed by atoms with Crippen LogP contribution in [-0.2, 0) is 23.9 Å². The molecule has 6 atom stereocenters. The number of rotatable bonds is 12. The monoisotopic (exact) mass is 522 g/mol. The quantitative estimate of drug-likeness (QED) is 0.342. The van der Waals surface area contributed by atoms with Crippen molar-refractivity contribution in [2.45, 2.75) is 83.1 Å². The Morgan fingerprint density at radius 3 is 2.43 bits per heavy atom. The molecule has 0 saturated carbocycles. The molecular formula is C27H46N4O6. The van der Waals surface area contributed by atoms with Gasteiger partial charge in [-0.05, 0) is 38.0 Å². The van der Waals surface area contributed by atoms with Crippen LogP contribution in [0.4, 0.5) is 0 Å². The molecule has 3 amide bonds. The van der Waals surface area contributed by atoms with Gasteiger partial charge in [-0.2, -0.15) is 0 Å². The average molecular weight is 523 g/mol. The van der Waals surface area contributed by atoms with Crippen molar-refractivity contribution in [2.75, 3.05) is 52.5 Å². The molecule has 0 aromatic heterocycles. The minimum atomic E-state index is -1.06. The SMILES string of the molecule is CCCNC(=O)[C@H]1[C@H]2C(=O)N([C@@H](CO)CC(C)C)C(C(=O)NCCN3CCOCC3)C23CC[C@]1(CC)O3. The van der Waals surface area contributed by atoms with Gasteiger partial charge in [0.05, 0.1) is 43.3 Å². The molecule has 1 spiro atoms. The van der Waals surface area contributed by atoms with Gasteiger partial charge in [0.1, 0.15) is 11.6 Å². The zero-order chi connectivity index (χ0) is 26.8. The maximum Gasteiger partial charge on any atom is 0.245 e. The number of aliphatic hydroxyl groups excluding tert-OH is 1. The van der Waals surface area contributed by atoms with Crippen LogP contribution in [0.3, 0.4) is 0 Å². The Bertz CT molecular complexity index is 849. The predicted octanol–water partition coefficient (Wildman–Crippen LogP) is 0.523. The normalized spacial score (nSPS) is 34.2. The van der Waals surface area contributed by atoms with Gasteiger partial charge in [0.25, 0.3) is 0 Å². The van der Waals surface area contributed by atoms with Crippen LogP contribution in [0, 0.1) is 17.8 Å². The third-order valence-electron chi connectivity index (χ3n) is 8.88. The van der Waals surface area contributed by atoms with Crippen molar-refractivity contribution in [3.8, 4) is 0 Å². The molecule has 3 N–H and O–H groups in total. The van der Waals surface area contributed by atoms with E-state index in [1.54, 1.807) is 4.90 Å². The highest BCUT2D eigenvalue weighted by molar-refractivity contribution is 5.99. The number of ether oxygens (including phenoxy) is 2. The second-order valence-electron chi connectivity index (χ2n) is 11.6. The number of nitrogens with zero attached hydrogens (tertiary/aromatic N) is 2. The van der Waals surface area contributed by atoms with E-state index in [0.29, 0.717) is 58.5 Å². The van der Waals surface area contributed by atoms with Gasteiger partial charge < -0.3 is 30.1 Å². The first-order chi connectivity index (χ1) is 17.7. The number of likely N-dealkylation sites (tertiary alicyclic amines) is 1. The van der Waals surface area contributed by atoms with Gasteiger partial charge in [0.15, 0.2) is 0 Å². The smallest absolute Gasteiger partial charge is 0.245 e. The highest BCUT2D eigenvalue weighted by Crippen LogP contribution is 2.64. The van der Waals surface area contributed by atoms with Crippen molar-refractivity contribution in [1.29, 1.82) is 0 Å². The maximum atomic E-state index is 14.2. The van der Waals surface area contributed by atoms with Gasteiger partial charge >= 0.3 is 0 Å². The van der Waals surface area contributed by atoms with Gasteiger partial charge in [-0.15, -0.1) is 0 Å². The van der Waals surface area contributed by atoms with Crippen LogP contribution in [0.5, 0.6) is 0 Å². The molecule has 2 unspecified atom stereocenters. The molecule has 4 heterocycles. The number of carbonyl (C=O) groups is 3. The van der Waals surface area contributed by atoms with Crippen LogP contribution in [0.1, 0.15) is 59.8 Å². The van der Waals surface area contributed by atoms with Gasteiger partial charge in [-0.25, -0.2) is 0 Å². The molecule has 0 radical (unpaired) electrons. The van der Waals surface area contributed by atoms with E-state index in [4.69, 9.17) is 9.47 Å². The molecule has 4 fully saturated rings. The van der Waals surface area contributed by atoms with Gasteiger partial charge in [0, 0.05) is 32.7 Å². The predicted molar refractivity (Wildman–Crippen MR) is 138 cm³/mol. The second-order valence-corrected chi connectivity index (χ2v) is 11.6. The van der Waals surface area contributed by atoms with Gasteiger partial charge in [-0.3, -0.25) is 19.3 Å². The first-order valence-electron chi connectivity index (χ1n) is 14.2. The lowest BCUT2D eigenvalue weighted by Gasteiger charge is -2.38. The van der Waals surface area contributed by atoms with Crippen LogP contribution in [0.25, 0.3) is 0 Å². The van der Waals surface area contributed by atoms with Gasteiger partial charge in [-0.1, -0.05) is 27.7 Å². The molecular weight excluding hydrogens is 476 g/mol. The van der Waals surface area contributed by atoms with Crippen molar-refractivity contribution in [3.05, 3.63) is 0 Å². The Morgan fingerprint density at radius 1 is 1.11 bits per heavy atom. The summed E-state index contributed by atoms with van der Waals surface area (Å²) in [6, 6.07) is -1.38. The second kappa shape index (κ2) is 11.6. The zero-order valence-electron chi connectivity index (χ0n) is 23.0. The molecule has 0 aliphatic carbocycles. The first kappa shape index (κ1) is 28.3. The van der Waals surface area contributed by atoms with Crippen LogP contribution in [0.15, 0.2) is 0 Å². The van der Waals surface area contributed by atoms with E-state index in [-0.39, 0.29) is 30.2 Å². The summed E-state index contributed by atoms with van der Waals surface area (Å²) in [4.78, 5) is 45.4. The Morgan fingerprint density at radius 2 is 1.81 bits per heavy atom. The van der Waals surface area contributed by atoms with E-state index < -0.39 is 35.1 Å². The number of carbonyl (C=O) groups excluding carboxylic acids is 3. The van der Waals surface area contributed by atoms with Crippen LogP contribution < -0.4 is 10.6 Å². The van der Waals surface area contributed by atoms with Crippen molar-refractivity contribution in [3.63, 3.8) is 0 Å². The number of nitrogens with one attached hydrogen (secondary N) is 2. The number of amides is 3. The minimum Gasteiger partial charge on any atom is -0.394 e. The van der Waals surface area contributed by atoms with Crippen LogP contribution in [0.2, 0.25) is 0 Å². The van der Waals surface area contributed by atoms with E-state index in [2.05, 4.69) is 15.5 Å². The number of fused-ring (bicyclic) bond motifs is 1. The lowest BCUT2D eigenvalue weighted by molar-refractivity contribution is -0.151. The van der Waals surface area contributed by atoms with Crippen molar-refractivity contribution < 1.29 is 29.0 Å². The Kier molecular flexibility index (Phi) is 8.82. The van der Waals surface area contributed by atoms with E-state index in [9.17, 15) is 19.5 Å². The molecule has 0 aromatic rings. The summed E-state index contributed by atoms with van der Waals surface area (Å²) in [7, 11) is 0. The topological polar surface area (TPSA) is 120 Å². The maximum absolute atomic E-state index is 14.2. The van der Waals surface area contributed by atoms with Crippen molar-refractivity contribution in [1.82, 2.24) is 20.4 Å². The average Bonchev–Trinajstić information content (AvgIpc) is 3.50. The Hall–Kier alpha value is -1.75. The fourth-order valence-corrected chi connectivity index (χ4v) is 7.18. The molecule has 4 aliphatic rings. The van der Waals surface area contributed by atoms with E-state index in [1.165, 1.54) is 0 Å². The highest BCUT2D eigenvalue weighted by Gasteiger charge is 2.79. The molecule has 10 nitrogen and oxygen atoms in total. The van der Waals surface area contributed by atoms with Crippen LogP contribution in [-0.4, -0.2) is 108 Å². The van der Waals surface area contributed by atoms with E-state index in [1.807, 2.05) is 27.7 Å². The fourth-order valence-electron chi connectivity index (χ4n) is 7.18. The Labute approximate surface area is 220 Å². The van der Waals surface area contributed by atoms with E-state index in [0.717, 1.165) is 19.5 Å². The summed E-state index contributed by atoms with van der Waals surface area (Å²) >= 11 is 0. The molecule has 210 valence electrons. The standard InChI is InChI=1S/C27H46N4O6/c1-5-9-28-23(33)20-21-25(35)31(19(17-32)16-18(3)4)22(27(21)8-7-26(20,6-2)37-27)24(34)29-10-11-30-12-14-36-15-13-30/h18-22,32H,5-17H2,1-4H3,(H,28,33)(H,29,34)/t19-,20-,21+,22?,26+,27?/m1/s1. The summed E-state index contributed by atoms with van der Waals surface area (Å²) in [6.45, 7) is 12.5. The molecule has 10 heteroatoms. The van der Waals surface area contributed by atoms with Gasteiger partial charge in [0.2, 0.25) is 17.7 Å². The lowest BCUT2D eigenvalue weighted by Crippen LogP contribution is -2.58. The summed E-state index contributed by atoms with van der Waals surface area (Å²) < 4.78 is 12.2. The molecule has 4 rings (SSSR count). The summed E-state index contributed by atoms with van der Waals surface area (Å²) in [5.41, 5.74) is -1.81. The molecule has 2 bridgehead atoms. The number of aliphatic hydroxyl groups is 1. The summed E-state index contributed by atoms with van der Waals surface area (Å²) in [5, 5.41) is 16.4. The summed E-state index contributed by atoms with van der Waals surface area (Å²) in [6.07, 6.45) is 3.14. The molecule has 4 aliphatic heterocycles. The minimum absolute atomic E-state index is 0.165. The molecule has 0 aromatic carbocycles. The largest absolute Gasteiger partial charge is 0.394 e. The number of hydrogen-bond acceptors (Lipinski definition) is 7. The fraction of sp³-hybridized carbons (Fsp3) is 0.889. The molecule has 37 heavy (non-hydrogen) atoms. The third kappa shape index (κ3) is 5.02. The summed E-state index contributed by atoms with van der Waals surface area (Å²) in [5.74, 6) is -1.81. The lowest BCUT2D eigenvalue weighted by atomic mass is 9.65. The number of morpholine rings is 1. The number of hydrogen-bond donors (Lipinski definition) is 3.